The summed E-state index contributed by atoms with van der Waals surface area (Å²) in [4.78, 5) is 23.4. The molecule has 0 unspecified atom stereocenters. The summed E-state index contributed by atoms with van der Waals surface area (Å²) in [5.74, 6) is -0.520. The zero-order valence-corrected chi connectivity index (χ0v) is 14.2. The lowest BCUT2D eigenvalue weighted by atomic mass is 9.84. The maximum Gasteiger partial charge on any atom is 0.307 e. The van der Waals surface area contributed by atoms with Gasteiger partial charge in [0.2, 0.25) is 0 Å². The number of nitrogens with one attached hydrogen (secondary N) is 1. The van der Waals surface area contributed by atoms with Crippen molar-refractivity contribution in [3.05, 3.63) is 65.2 Å². The highest BCUT2D eigenvalue weighted by atomic mass is 16.4. The van der Waals surface area contributed by atoms with Crippen molar-refractivity contribution in [1.29, 1.82) is 0 Å². The van der Waals surface area contributed by atoms with E-state index in [1.54, 1.807) is 24.3 Å². The zero-order valence-electron chi connectivity index (χ0n) is 14.2. The number of carboxylic acid groups (broad SMARTS) is 1. The van der Waals surface area contributed by atoms with Gasteiger partial charge in [-0.25, -0.2) is 0 Å². The number of aliphatic carboxylic acids is 1. The number of hydrogen-bond donors (Lipinski definition) is 2. The average molecular weight is 337 g/mol. The Morgan fingerprint density at radius 1 is 0.960 bits per heavy atom. The Bertz CT molecular complexity index is 746. The highest BCUT2D eigenvalue weighted by Gasteiger charge is 2.16. The Balaban J connectivity index is 1.70. The molecule has 0 spiro atoms. The molecule has 0 bridgehead atoms. The first-order valence-electron chi connectivity index (χ1n) is 8.84. The Morgan fingerprint density at radius 3 is 2.32 bits per heavy atom. The highest BCUT2D eigenvalue weighted by molar-refractivity contribution is 6.04. The molecule has 4 nitrogen and oxygen atoms in total. The maximum absolute atomic E-state index is 12.5. The van der Waals surface area contributed by atoms with Crippen molar-refractivity contribution < 1.29 is 14.7 Å². The van der Waals surface area contributed by atoms with Crippen LogP contribution < -0.4 is 5.32 Å². The van der Waals surface area contributed by atoms with Crippen LogP contribution in [0.5, 0.6) is 0 Å². The van der Waals surface area contributed by atoms with E-state index >= 15 is 0 Å². The van der Waals surface area contributed by atoms with E-state index in [0.29, 0.717) is 22.7 Å². The summed E-state index contributed by atoms with van der Waals surface area (Å²) in [5, 5.41) is 11.8. The molecular formula is C21H23NO3. The van der Waals surface area contributed by atoms with E-state index in [0.717, 1.165) is 0 Å². The molecule has 1 aliphatic carbocycles. The first-order valence-corrected chi connectivity index (χ1v) is 8.84. The number of para-hydroxylation sites is 1. The molecule has 25 heavy (non-hydrogen) atoms. The Hall–Kier alpha value is -2.62. The van der Waals surface area contributed by atoms with E-state index in [9.17, 15) is 9.59 Å². The third-order valence-electron chi connectivity index (χ3n) is 4.86. The smallest absolute Gasteiger partial charge is 0.307 e. The van der Waals surface area contributed by atoms with E-state index in [-0.39, 0.29) is 12.3 Å². The quantitative estimate of drug-likeness (QED) is 0.837. The lowest BCUT2D eigenvalue weighted by Crippen LogP contribution is -2.14. The molecule has 1 amide bonds. The molecule has 1 aliphatic rings. The summed E-state index contributed by atoms with van der Waals surface area (Å²) < 4.78 is 0. The molecule has 130 valence electrons. The molecular weight excluding hydrogens is 314 g/mol. The van der Waals surface area contributed by atoms with Crippen molar-refractivity contribution in [2.24, 2.45) is 0 Å². The van der Waals surface area contributed by atoms with Gasteiger partial charge < -0.3 is 10.4 Å². The van der Waals surface area contributed by atoms with Crippen LogP contribution in [0, 0.1) is 0 Å². The van der Waals surface area contributed by atoms with Crippen molar-refractivity contribution in [2.75, 3.05) is 5.32 Å². The minimum Gasteiger partial charge on any atom is -0.481 e. The van der Waals surface area contributed by atoms with Gasteiger partial charge in [-0.1, -0.05) is 49.6 Å². The van der Waals surface area contributed by atoms with Crippen LogP contribution in [0.4, 0.5) is 5.69 Å². The van der Waals surface area contributed by atoms with Gasteiger partial charge in [-0.3, -0.25) is 9.59 Å². The molecule has 0 aliphatic heterocycles. The molecule has 0 heterocycles. The Kier molecular flexibility index (Phi) is 5.49. The van der Waals surface area contributed by atoms with E-state index in [2.05, 4.69) is 5.32 Å². The van der Waals surface area contributed by atoms with Gasteiger partial charge in [-0.05, 0) is 48.1 Å². The number of rotatable bonds is 5. The van der Waals surface area contributed by atoms with Crippen molar-refractivity contribution >= 4 is 17.6 Å². The SMILES string of the molecule is O=C(O)Cc1ccccc1NC(=O)c1ccc(C2CCCCC2)cc1. The van der Waals surface area contributed by atoms with Crippen molar-refractivity contribution in [1.82, 2.24) is 0 Å². The van der Waals surface area contributed by atoms with Crippen LogP contribution in [0.25, 0.3) is 0 Å². The van der Waals surface area contributed by atoms with E-state index in [4.69, 9.17) is 5.11 Å². The summed E-state index contributed by atoms with van der Waals surface area (Å²) in [6.45, 7) is 0. The zero-order chi connectivity index (χ0) is 17.6. The molecule has 4 heteroatoms. The number of amides is 1. The molecule has 1 saturated carbocycles. The maximum atomic E-state index is 12.5. The number of carbonyl (C=O) groups is 2. The van der Waals surface area contributed by atoms with Crippen LogP contribution in [-0.4, -0.2) is 17.0 Å². The second kappa shape index (κ2) is 7.97. The largest absolute Gasteiger partial charge is 0.481 e. The Labute approximate surface area is 147 Å². The third-order valence-corrected chi connectivity index (χ3v) is 4.86. The van der Waals surface area contributed by atoms with Crippen LogP contribution in [0.2, 0.25) is 0 Å². The monoisotopic (exact) mass is 337 g/mol. The highest BCUT2D eigenvalue weighted by Crippen LogP contribution is 2.32. The van der Waals surface area contributed by atoms with Gasteiger partial charge in [0.1, 0.15) is 0 Å². The van der Waals surface area contributed by atoms with Gasteiger partial charge in [0.25, 0.3) is 5.91 Å². The second-order valence-electron chi connectivity index (χ2n) is 6.64. The van der Waals surface area contributed by atoms with Crippen LogP contribution in [0.1, 0.15) is 59.5 Å². The molecule has 2 aromatic rings. The van der Waals surface area contributed by atoms with Gasteiger partial charge >= 0.3 is 5.97 Å². The number of carboxylic acids is 1. The van der Waals surface area contributed by atoms with Crippen LogP contribution in [-0.2, 0) is 11.2 Å². The molecule has 0 aromatic heterocycles. The fourth-order valence-electron chi connectivity index (χ4n) is 3.50. The van der Waals surface area contributed by atoms with Gasteiger partial charge in [0.05, 0.1) is 6.42 Å². The first kappa shape index (κ1) is 17.2. The summed E-state index contributed by atoms with van der Waals surface area (Å²) in [5.41, 5.74) is 3.04. The summed E-state index contributed by atoms with van der Waals surface area (Å²) in [6.07, 6.45) is 6.24. The predicted octanol–water partition coefficient (Wildman–Crippen LogP) is 4.61. The van der Waals surface area contributed by atoms with Crippen LogP contribution in [0.15, 0.2) is 48.5 Å². The van der Waals surface area contributed by atoms with E-state index in [1.807, 2.05) is 24.3 Å². The van der Waals surface area contributed by atoms with E-state index in [1.165, 1.54) is 37.7 Å². The van der Waals surface area contributed by atoms with Gasteiger partial charge in [-0.2, -0.15) is 0 Å². The molecule has 3 rings (SSSR count). The fourth-order valence-corrected chi connectivity index (χ4v) is 3.50. The summed E-state index contributed by atoms with van der Waals surface area (Å²) in [7, 11) is 0. The second-order valence-corrected chi connectivity index (χ2v) is 6.64. The van der Waals surface area contributed by atoms with Crippen LogP contribution in [0.3, 0.4) is 0 Å². The van der Waals surface area contributed by atoms with Crippen molar-refractivity contribution in [2.45, 2.75) is 44.4 Å². The van der Waals surface area contributed by atoms with Gasteiger partial charge in [0, 0.05) is 11.3 Å². The fraction of sp³-hybridized carbons (Fsp3) is 0.333. The Morgan fingerprint density at radius 2 is 1.64 bits per heavy atom. The lowest BCUT2D eigenvalue weighted by Gasteiger charge is -2.22. The number of benzene rings is 2. The summed E-state index contributed by atoms with van der Waals surface area (Å²) >= 11 is 0. The van der Waals surface area contributed by atoms with Crippen LogP contribution >= 0.6 is 0 Å². The molecule has 2 aromatic carbocycles. The van der Waals surface area contributed by atoms with Gasteiger partial charge in [-0.15, -0.1) is 0 Å². The predicted molar refractivity (Wildman–Crippen MR) is 98.0 cm³/mol. The number of hydrogen-bond acceptors (Lipinski definition) is 2. The minimum absolute atomic E-state index is 0.114. The molecule has 0 atom stereocenters. The number of carbonyl (C=O) groups excluding carboxylic acids is 1. The number of anilines is 1. The topological polar surface area (TPSA) is 66.4 Å². The van der Waals surface area contributed by atoms with E-state index < -0.39 is 5.97 Å². The molecule has 2 N–H and O–H groups in total. The third kappa shape index (κ3) is 4.47. The lowest BCUT2D eigenvalue weighted by molar-refractivity contribution is -0.136. The first-order chi connectivity index (χ1) is 12.1. The molecule has 1 fully saturated rings. The standard InChI is InChI=1S/C21H23NO3/c23-20(24)14-18-8-4-5-9-19(18)22-21(25)17-12-10-16(11-13-17)15-6-2-1-3-7-15/h4-5,8-13,15H,1-3,6-7,14H2,(H,22,25)(H,23,24). The van der Waals surface area contributed by atoms with Crippen molar-refractivity contribution in [3.8, 4) is 0 Å². The minimum atomic E-state index is -0.918. The molecule has 0 radical (unpaired) electrons. The molecule has 0 saturated heterocycles. The average Bonchev–Trinajstić information content (AvgIpc) is 2.64. The normalized spacial score (nSPS) is 14.9. The van der Waals surface area contributed by atoms with Gasteiger partial charge in [0.15, 0.2) is 0 Å². The summed E-state index contributed by atoms with van der Waals surface area (Å²) in [6, 6.07) is 14.8. The van der Waals surface area contributed by atoms with Crippen molar-refractivity contribution in [3.63, 3.8) is 0 Å².